The summed E-state index contributed by atoms with van der Waals surface area (Å²) in [7, 11) is 1.72. The van der Waals surface area contributed by atoms with Gasteiger partial charge >= 0.3 is 0 Å². The van der Waals surface area contributed by atoms with Crippen LogP contribution >= 0.6 is 11.8 Å². The molecule has 0 radical (unpaired) electrons. The SMILES string of the molecule is COc1ccc(CN2CCC(CO)CC2)cc1SC. The highest BCUT2D eigenvalue weighted by atomic mass is 32.2. The maximum Gasteiger partial charge on any atom is 0.132 e. The molecule has 3 nitrogen and oxygen atoms in total. The van der Waals surface area contributed by atoms with Crippen molar-refractivity contribution in [3.05, 3.63) is 23.8 Å². The van der Waals surface area contributed by atoms with Crippen molar-refractivity contribution in [2.24, 2.45) is 5.92 Å². The van der Waals surface area contributed by atoms with Crippen molar-refractivity contribution < 1.29 is 9.84 Å². The number of nitrogens with zero attached hydrogens (tertiary/aromatic N) is 1. The minimum absolute atomic E-state index is 0.340. The third kappa shape index (κ3) is 3.88. The van der Waals surface area contributed by atoms with Gasteiger partial charge in [-0.15, -0.1) is 11.8 Å². The van der Waals surface area contributed by atoms with Crippen LogP contribution in [-0.4, -0.2) is 43.1 Å². The molecule has 1 aromatic rings. The lowest BCUT2D eigenvalue weighted by atomic mass is 9.97. The van der Waals surface area contributed by atoms with Crippen molar-refractivity contribution in [2.75, 3.05) is 33.1 Å². The number of thioether (sulfide) groups is 1. The van der Waals surface area contributed by atoms with Crippen molar-refractivity contribution >= 4 is 11.8 Å². The first kappa shape index (κ1) is 14.7. The number of hydrogen-bond acceptors (Lipinski definition) is 4. The van der Waals surface area contributed by atoms with Crippen LogP contribution < -0.4 is 4.74 Å². The topological polar surface area (TPSA) is 32.7 Å². The van der Waals surface area contributed by atoms with Gasteiger partial charge in [0.05, 0.1) is 7.11 Å². The van der Waals surface area contributed by atoms with Crippen molar-refractivity contribution in [3.8, 4) is 5.75 Å². The second-order valence-corrected chi connectivity index (χ2v) is 5.94. The fourth-order valence-corrected chi connectivity index (χ4v) is 3.19. The molecule has 0 unspecified atom stereocenters. The van der Waals surface area contributed by atoms with Crippen LogP contribution in [0.3, 0.4) is 0 Å². The van der Waals surface area contributed by atoms with Gasteiger partial charge in [0.2, 0.25) is 0 Å². The Morgan fingerprint density at radius 1 is 1.37 bits per heavy atom. The third-order valence-corrected chi connectivity index (χ3v) is 4.58. The fourth-order valence-electron chi connectivity index (χ4n) is 2.56. The van der Waals surface area contributed by atoms with E-state index in [4.69, 9.17) is 9.84 Å². The van der Waals surface area contributed by atoms with Gasteiger partial charge in [0.1, 0.15) is 5.75 Å². The first-order valence-electron chi connectivity index (χ1n) is 6.81. The molecule has 4 heteroatoms. The molecule has 0 atom stereocenters. The lowest BCUT2D eigenvalue weighted by Gasteiger charge is -2.31. The van der Waals surface area contributed by atoms with E-state index in [9.17, 15) is 0 Å². The number of rotatable bonds is 5. The molecule has 1 fully saturated rings. The van der Waals surface area contributed by atoms with Gasteiger partial charge in [-0.1, -0.05) is 6.07 Å². The summed E-state index contributed by atoms with van der Waals surface area (Å²) in [4.78, 5) is 3.67. The van der Waals surface area contributed by atoms with E-state index >= 15 is 0 Å². The molecule has 1 N–H and O–H groups in total. The Balaban J connectivity index is 1.96. The summed E-state index contributed by atoms with van der Waals surface area (Å²) in [5.41, 5.74) is 1.34. The number of aliphatic hydroxyl groups is 1. The monoisotopic (exact) mass is 281 g/mol. The Morgan fingerprint density at radius 2 is 2.11 bits per heavy atom. The van der Waals surface area contributed by atoms with E-state index in [2.05, 4.69) is 29.4 Å². The number of ether oxygens (including phenoxy) is 1. The number of likely N-dealkylation sites (tertiary alicyclic amines) is 1. The second-order valence-electron chi connectivity index (χ2n) is 5.09. The minimum atomic E-state index is 0.340. The summed E-state index contributed by atoms with van der Waals surface area (Å²) in [6, 6.07) is 6.43. The molecule has 0 saturated carbocycles. The molecule has 0 aliphatic carbocycles. The summed E-state index contributed by atoms with van der Waals surface area (Å²) in [5.74, 6) is 1.46. The highest BCUT2D eigenvalue weighted by Crippen LogP contribution is 2.29. The van der Waals surface area contributed by atoms with E-state index in [1.54, 1.807) is 18.9 Å². The Hall–Kier alpha value is -0.710. The summed E-state index contributed by atoms with van der Waals surface area (Å²) in [6.45, 7) is 3.51. The quantitative estimate of drug-likeness (QED) is 0.841. The van der Waals surface area contributed by atoms with Crippen LogP contribution in [0.4, 0.5) is 0 Å². The molecule has 1 saturated heterocycles. The van der Waals surface area contributed by atoms with Crippen LogP contribution in [0.5, 0.6) is 5.75 Å². The molecule has 106 valence electrons. The number of aliphatic hydroxyl groups excluding tert-OH is 1. The van der Waals surface area contributed by atoms with E-state index in [0.29, 0.717) is 12.5 Å². The van der Waals surface area contributed by atoms with Crippen LogP contribution in [0.15, 0.2) is 23.1 Å². The molecule has 0 amide bonds. The Labute approximate surface area is 120 Å². The molecule has 1 aliphatic heterocycles. The van der Waals surface area contributed by atoms with Crippen LogP contribution in [0, 0.1) is 5.92 Å². The summed E-state index contributed by atoms with van der Waals surface area (Å²) < 4.78 is 5.35. The minimum Gasteiger partial charge on any atom is -0.496 e. The van der Waals surface area contributed by atoms with Gasteiger partial charge in [0.25, 0.3) is 0 Å². The molecule has 19 heavy (non-hydrogen) atoms. The molecule has 0 bridgehead atoms. The van der Waals surface area contributed by atoms with Gasteiger partial charge in [-0.05, 0) is 55.8 Å². The molecule has 1 heterocycles. The van der Waals surface area contributed by atoms with E-state index in [1.165, 1.54) is 10.5 Å². The second kappa shape index (κ2) is 7.17. The van der Waals surface area contributed by atoms with Gasteiger partial charge in [-0.25, -0.2) is 0 Å². The first-order chi connectivity index (χ1) is 9.26. The maximum absolute atomic E-state index is 9.16. The van der Waals surface area contributed by atoms with E-state index in [1.807, 2.05) is 0 Å². The normalized spacial score (nSPS) is 17.6. The predicted octanol–water partition coefficient (Wildman–Crippen LogP) is 2.62. The maximum atomic E-state index is 9.16. The van der Waals surface area contributed by atoms with E-state index < -0.39 is 0 Å². The van der Waals surface area contributed by atoms with Crippen molar-refractivity contribution in [1.82, 2.24) is 4.90 Å². The summed E-state index contributed by atoms with van der Waals surface area (Å²) in [6.07, 6.45) is 4.30. The number of benzene rings is 1. The van der Waals surface area contributed by atoms with E-state index in [-0.39, 0.29) is 0 Å². The highest BCUT2D eigenvalue weighted by Gasteiger charge is 2.18. The van der Waals surface area contributed by atoms with Crippen LogP contribution in [0.25, 0.3) is 0 Å². The molecule has 0 spiro atoms. The number of methoxy groups -OCH3 is 1. The summed E-state index contributed by atoms with van der Waals surface area (Å²) in [5, 5.41) is 9.16. The molecule has 2 rings (SSSR count). The van der Waals surface area contributed by atoms with Crippen LogP contribution in [0.1, 0.15) is 18.4 Å². The lowest BCUT2D eigenvalue weighted by molar-refractivity contribution is 0.127. The third-order valence-electron chi connectivity index (χ3n) is 3.82. The van der Waals surface area contributed by atoms with Gasteiger partial charge in [-0.3, -0.25) is 4.90 Å². The average molecular weight is 281 g/mol. The zero-order chi connectivity index (χ0) is 13.7. The smallest absolute Gasteiger partial charge is 0.132 e. The standard InChI is InChI=1S/C15H23NO2S/c1-18-14-4-3-13(9-15(14)19-2)10-16-7-5-12(11-17)6-8-16/h3-4,9,12,17H,5-8,10-11H2,1-2H3. The zero-order valence-electron chi connectivity index (χ0n) is 11.8. The van der Waals surface area contributed by atoms with Gasteiger partial charge in [0.15, 0.2) is 0 Å². The lowest BCUT2D eigenvalue weighted by Crippen LogP contribution is -2.34. The average Bonchev–Trinajstić information content (AvgIpc) is 2.48. The summed E-state index contributed by atoms with van der Waals surface area (Å²) >= 11 is 1.72. The van der Waals surface area contributed by atoms with Crippen LogP contribution in [-0.2, 0) is 6.54 Å². The van der Waals surface area contributed by atoms with Gasteiger partial charge in [0, 0.05) is 18.0 Å². The molecule has 1 aliphatic rings. The molecular formula is C15H23NO2S. The first-order valence-corrected chi connectivity index (χ1v) is 8.03. The van der Waals surface area contributed by atoms with Crippen molar-refractivity contribution in [3.63, 3.8) is 0 Å². The Kier molecular flexibility index (Phi) is 5.55. The van der Waals surface area contributed by atoms with Crippen molar-refractivity contribution in [2.45, 2.75) is 24.3 Å². The largest absolute Gasteiger partial charge is 0.496 e. The molecule has 0 aromatic heterocycles. The van der Waals surface area contributed by atoms with Gasteiger partial charge < -0.3 is 9.84 Å². The zero-order valence-corrected chi connectivity index (χ0v) is 12.6. The molecule has 1 aromatic carbocycles. The van der Waals surface area contributed by atoms with E-state index in [0.717, 1.165) is 38.2 Å². The fraction of sp³-hybridized carbons (Fsp3) is 0.600. The van der Waals surface area contributed by atoms with Gasteiger partial charge in [-0.2, -0.15) is 0 Å². The van der Waals surface area contributed by atoms with Crippen molar-refractivity contribution in [1.29, 1.82) is 0 Å². The Morgan fingerprint density at radius 3 is 2.68 bits per heavy atom. The number of hydrogen-bond donors (Lipinski definition) is 1. The molecular weight excluding hydrogens is 258 g/mol. The number of piperidine rings is 1. The highest BCUT2D eigenvalue weighted by molar-refractivity contribution is 7.98. The Bertz CT molecular complexity index is 403. The predicted molar refractivity (Wildman–Crippen MR) is 79.9 cm³/mol. The van der Waals surface area contributed by atoms with Crippen LogP contribution in [0.2, 0.25) is 0 Å².